The maximum absolute atomic E-state index is 13.0. The first kappa shape index (κ1) is 25.2. The molecule has 0 bridgehead atoms. The van der Waals surface area contributed by atoms with Crippen LogP contribution >= 0.6 is 17.2 Å². The Bertz CT molecular complexity index is 931. The van der Waals surface area contributed by atoms with Crippen molar-refractivity contribution in [3.63, 3.8) is 0 Å². The van der Waals surface area contributed by atoms with Gasteiger partial charge in [-0.3, -0.25) is 0 Å². The second kappa shape index (κ2) is 10.7. The molecular weight excluding hydrogens is 608 g/mol. The third kappa shape index (κ3) is 5.56. The third-order valence-corrected chi connectivity index (χ3v) is 68.5. The molecule has 2 aromatic carbocycles. The van der Waals surface area contributed by atoms with E-state index in [2.05, 4.69) is 65.8 Å². The van der Waals surface area contributed by atoms with Crippen molar-refractivity contribution in [3.8, 4) is 11.1 Å². The number of hydrogen-bond donors (Lipinski definition) is 1. The van der Waals surface area contributed by atoms with Crippen LogP contribution < -0.4 is 6.62 Å². The molecule has 0 heterocycles. The van der Waals surface area contributed by atoms with E-state index in [4.69, 9.17) is 17.2 Å². The molecule has 0 saturated heterocycles. The van der Waals surface area contributed by atoms with E-state index >= 15 is 0 Å². The van der Waals surface area contributed by atoms with E-state index in [-0.39, 0.29) is 5.91 Å². The van der Waals surface area contributed by atoms with Gasteiger partial charge in [0.05, 0.1) is 0 Å². The summed E-state index contributed by atoms with van der Waals surface area (Å²) in [6.45, 7) is 6.63. The second-order valence-corrected chi connectivity index (χ2v) is 64.6. The first-order valence-corrected chi connectivity index (χ1v) is 33.5. The van der Waals surface area contributed by atoms with Crippen LogP contribution in [0.3, 0.4) is 0 Å². The first-order valence-electron chi connectivity index (χ1n) is 11.9. The Morgan fingerprint density at radius 1 is 0.935 bits per heavy atom. The van der Waals surface area contributed by atoms with Crippen molar-refractivity contribution >= 4 is 32.4 Å². The number of rotatable bonds is 11. The number of halogens is 2. The molecule has 6 heteroatoms. The SMILES string of the molecule is CCCCCCCCCC(=O)[NH][Hf]([Cl])([Cl])([c]1cccc2c1Cc1ccccc1-2)[SiH](C)C. The molecular formula is C25H36Cl2HfNOSi. The van der Waals surface area contributed by atoms with E-state index in [0.717, 1.165) is 22.6 Å². The van der Waals surface area contributed by atoms with Gasteiger partial charge in [-0.2, -0.15) is 0 Å². The van der Waals surface area contributed by atoms with E-state index in [1.165, 1.54) is 54.4 Å². The predicted molar refractivity (Wildman–Crippen MR) is 136 cm³/mol. The van der Waals surface area contributed by atoms with Gasteiger partial charge in [0.15, 0.2) is 0 Å². The average molecular weight is 644 g/mol. The number of unbranched alkanes of at least 4 members (excludes halogenated alkanes) is 6. The van der Waals surface area contributed by atoms with Crippen molar-refractivity contribution < 1.29 is 20.4 Å². The normalized spacial score (nSPS) is 14.1. The van der Waals surface area contributed by atoms with Crippen LogP contribution in [0.5, 0.6) is 0 Å². The Labute approximate surface area is 197 Å². The van der Waals surface area contributed by atoms with Crippen LogP contribution in [0.15, 0.2) is 42.5 Å². The van der Waals surface area contributed by atoms with Crippen LogP contribution in [-0.2, 0) is 26.8 Å². The van der Waals surface area contributed by atoms with Gasteiger partial charge in [-0.05, 0) is 0 Å². The van der Waals surface area contributed by atoms with Gasteiger partial charge in [-0.15, -0.1) is 0 Å². The molecule has 1 aliphatic rings. The minimum atomic E-state index is -4.80. The number of nitrogens with one attached hydrogen (secondary N) is 1. The summed E-state index contributed by atoms with van der Waals surface area (Å²) in [5, 5.41) is 0. The van der Waals surface area contributed by atoms with Crippen LogP contribution in [0.4, 0.5) is 0 Å². The number of fused-ring (bicyclic) bond motifs is 3. The molecule has 0 aliphatic heterocycles. The molecule has 0 radical (unpaired) electrons. The number of carbonyl (C=O) groups excluding carboxylic acids is 1. The fourth-order valence-electron chi connectivity index (χ4n) is 4.67. The molecule has 1 N–H and O–H groups in total. The monoisotopic (exact) mass is 644 g/mol. The van der Waals surface area contributed by atoms with E-state index in [9.17, 15) is 4.79 Å². The fraction of sp³-hybridized carbons (Fsp3) is 0.480. The van der Waals surface area contributed by atoms with Crippen LogP contribution in [0.2, 0.25) is 13.1 Å². The minimum absolute atomic E-state index is 0.0446. The molecule has 31 heavy (non-hydrogen) atoms. The summed E-state index contributed by atoms with van der Waals surface area (Å²) >= 11 is -4.80. The van der Waals surface area contributed by atoms with Gasteiger partial charge in [0, 0.05) is 0 Å². The summed E-state index contributed by atoms with van der Waals surface area (Å²) in [4.78, 5) is 13.0. The molecule has 2 nitrogen and oxygen atoms in total. The Morgan fingerprint density at radius 2 is 1.58 bits per heavy atom. The third-order valence-electron chi connectivity index (χ3n) is 6.73. The van der Waals surface area contributed by atoms with Crippen molar-refractivity contribution in [2.45, 2.75) is 77.8 Å². The molecule has 0 saturated carbocycles. The average Bonchev–Trinajstić information content (AvgIpc) is 3.11. The molecule has 2 aromatic rings. The van der Waals surface area contributed by atoms with E-state index < -0.39 is 21.6 Å². The number of carbonyl (C=O) groups is 1. The summed E-state index contributed by atoms with van der Waals surface area (Å²) in [6, 6.07) is 14.8. The molecule has 0 fully saturated rings. The van der Waals surface area contributed by atoms with Crippen molar-refractivity contribution in [2.24, 2.45) is 0 Å². The number of hydrogen-bond acceptors (Lipinski definition) is 1. The van der Waals surface area contributed by atoms with Crippen LogP contribution in [-0.4, -0.2) is 11.9 Å². The molecule has 0 spiro atoms. The van der Waals surface area contributed by atoms with Crippen molar-refractivity contribution in [3.05, 3.63) is 53.6 Å². The van der Waals surface area contributed by atoms with Crippen molar-refractivity contribution in [1.82, 2.24) is 3.30 Å². The Hall–Kier alpha value is -0.423. The van der Waals surface area contributed by atoms with Crippen LogP contribution in [0, 0.1) is 0 Å². The molecule has 169 valence electrons. The standard InChI is InChI=1S/C13H9.C10H21NO.C2H7Si.2ClH.Hf/c1-3-7-12-10(5-1)9-11-6-2-4-8-13(11)12;1-2-3-4-5-6-7-8-9-10(11)12;1-3-2;;;/h1-5,7-8H,9H2;2-9H2,1H3,(H2,11,12);3H,1-2H3;2*1H;/q;;;;;+3/p-3. The first-order chi connectivity index (χ1) is 14.8. The number of benzene rings is 2. The molecule has 1 aliphatic carbocycles. The van der Waals surface area contributed by atoms with E-state index in [1.807, 2.05) is 0 Å². The number of amides is 1. The summed E-state index contributed by atoms with van der Waals surface area (Å²) in [7, 11) is 15.0. The topological polar surface area (TPSA) is 29.1 Å². The van der Waals surface area contributed by atoms with E-state index in [1.54, 1.807) is 0 Å². The zero-order valence-electron chi connectivity index (χ0n) is 19.1. The van der Waals surface area contributed by atoms with Gasteiger partial charge in [0.1, 0.15) is 0 Å². The van der Waals surface area contributed by atoms with E-state index in [0.29, 0.717) is 6.42 Å². The molecule has 3 rings (SSSR count). The summed E-state index contributed by atoms with van der Waals surface area (Å²) < 4.78 is 4.40. The van der Waals surface area contributed by atoms with Crippen molar-refractivity contribution in [1.29, 1.82) is 0 Å². The Morgan fingerprint density at radius 3 is 2.29 bits per heavy atom. The Balaban J connectivity index is 1.76. The van der Waals surface area contributed by atoms with Gasteiger partial charge in [0.25, 0.3) is 0 Å². The quantitative estimate of drug-likeness (QED) is 0.176. The molecule has 1 amide bonds. The van der Waals surface area contributed by atoms with Crippen LogP contribution in [0.1, 0.15) is 69.4 Å². The van der Waals surface area contributed by atoms with Crippen molar-refractivity contribution in [2.75, 3.05) is 0 Å². The molecule has 0 aromatic heterocycles. The zero-order chi connectivity index (χ0) is 22.5. The van der Waals surface area contributed by atoms with Gasteiger partial charge >= 0.3 is 199 Å². The van der Waals surface area contributed by atoms with Gasteiger partial charge in [-0.1, -0.05) is 0 Å². The van der Waals surface area contributed by atoms with Gasteiger partial charge in [-0.25, -0.2) is 0 Å². The summed E-state index contributed by atoms with van der Waals surface area (Å²) in [5.41, 5.74) is 5.05. The summed E-state index contributed by atoms with van der Waals surface area (Å²) in [6.07, 6.45) is 9.72. The Kier molecular flexibility index (Phi) is 8.68. The predicted octanol–water partition coefficient (Wildman–Crippen LogP) is 7.04. The summed E-state index contributed by atoms with van der Waals surface area (Å²) in [5.74, 6) is -1.53. The molecule has 0 unspecified atom stereocenters. The zero-order valence-corrected chi connectivity index (χ0v) is 25.4. The van der Waals surface area contributed by atoms with Gasteiger partial charge in [0.2, 0.25) is 0 Å². The van der Waals surface area contributed by atoms with Crippen LogP contribution in [0.25, 0.3) is 11.1 Å². The van der Waals surface area contributed by atoms with Gasteiger partial charge < -0.3 is 0 Å². The maximum atomic E-state index is 13.0. The fourth-order valence-corrected chi connectivity index (χ4v) is 30.6. The second-order valence-electron chi connectivity index (χ2n) is 9.32. The molecule has 0 atom stereocenters.